The quantitative estimate of drug-likeness (QED) is 0.897. The highest BCUT2D eigenvalue weighted by Gasteiger charge is 2.33. The van der Waals surface area contributed by atoms with E-state index in [1.54, 1.807) is 12.1 Å². The van der Waals surface area contributed by atoms with Crippen molar-refractivity contribution < 1.29 is 17.6 Å². The van der Waals surface area contributed by atoms with Crippen LogP contribution in [0.3, 0.4) is 0 Å². The summed E-state index contributed by atoms with van der Waals surface area (Å²) >= 11 is 0. The molecule has 0 atom stereocenters. The lowest BCUT2D eigenvalue weighted by molar-refractivity contribution is -0.137. The van der Waals surface area contributed by atoms with Gasteiger partial charge in [-0.25, -0.2) is 4.98 Å². The molecule has 0 aliphatic heterocycles. The zero-order valence-corrected chi connectivity index (χ0v) is 8.66. The van der Waals surface area contributed by atoms with Crippen LogP contribution in [0.15, 0.2) is 41.1 Å². The second-order valence-electron chi connectivity index (χ2n) is 3.33. The van der Waals surface area contributed by atoms with Crippen molar-refractivity contribution in [3.63, 3.8) is 0 Å². The van der Waals surface area contributed by atoms with Gasteiger partial charge in [-0.05, 0) is 24.3 Å². The molecule has 0 amide bonds. The Bertz CT molecular complexity index is 480. The molecule has 6 heteroatoms. The molecular formula is C11H9F3N2O. The summed E-state index contributed by atoms with van der Waals surface area (Å²) in [5.41, 5.74) is -0.786. The van der Waals surface area contributed by atoms with Crippen molar-refractivity contribution in [1.82, 2.24) is 4.98 Å². The average Bonchev–Trinajstić information content (AvgIpc) is 2.78. The minimum Gasteiger partial charge on any atom is -0.467 e. The van der Waals surface area contributed by atoms with Gasteiger partial charge in [-0.15, -0.1) is 0 Å². The molecule has 17 heavy (non-hydrogen) atoms. The highest BCUT2D eigenvalue weighted by molar-refractivity contribution is 5.45. The molecule has 2 heterocycles. The van der Waals surface area contributed by atoms with Crippen LogP contribution >= 0.6 is 0 Å². The number of anilines is 1. The zero-order chi connectivity index (χ0) is 12.3. The highest BCUT2D eigenvalue weighted by Crippen LogP contribution is 2.33. The number of nitrogens with one attached hydrogen (secondary N) is 1. The molecule has 90 valence electrons. The van der Waals surface area contributed by atoms with Gasteiger partial charge in [0.2, 0.25) is 0 Å². The largest absolute Gasteiger partial charge is 0.467 e. The van der Waals surface area contributed by atoms with E-state index in [2.05, 4.69) is 10.3 Å². The van der Waals surface area contributed by atoms with Crippen molar-refractivity contribution in [3.05, 3.63) is 48.0 Å². The second-order valence-corrected chi connectivity index (χ2v) is 3.33. The summed E-state index contributed by atoms with van der Waals surface area (Å²) < 4.78 is 42.8. The van der Waals surface area contributed by atoms with E-state index in [-0.39, 0.29) is 12.4 Å². The number of alkyl halides is 3. The van der Waals surface area contributed by atoms with Crippen LogP contribution in [0, 0.1) is 0 Å². The topological polar surface area (TPSA) is 38.1 Å². The summed E-state index contributed by atoms with van der Waals surface area (Å²) in [6.07, 6.45) is -1.65. The lowest BCUT2D eigenvalue weighted by atomic mass is 10.2. The summed E-state index contributed by atoms with van der Waals surface area (Å²) in [4.78, 5) is 3.67. The van der Waals surface area contributed by atoms with Crippen LogP contribution in [0.5, 0.6) is 0 Å². The molecule has 0 radical (unpaired) electrons. The Kier molecular flexibility index (Phi) is 3.03. The lowest BCUT2D eigenvalue weighted by Gasteiger charge is -2.12. The third kappa shape index (κ3) is 2.77. The predicted molar refractivity (Wildman–Crippen MR) is 55.3 cm³/mol. The van der Waals surface area contributed by atoms with E-state index in [4.69, 9.17) is 4.42 Å². The van der Waals surface area contributed by atoms with Gasteiger partial charge >= 0.3 is 6.18 Å². The van der Waals surface area contributed by atoms with E-state index in [1.165, 1.54) is 18.5 Å². The fourth-order valence-electron chi connectivity index (χ4n) is 1.36. The Labute approximate surface area is 95.3 Å². The first-order valence-corrected chi connectivity index (χ1v) is 4.86. The van der Waals surface area contributed by atoms with Gasteiger partial charge in [0, 0.05) is 6.20 Å². The van der Waals surface area contributed by atoms with Crippen LogP contribution in [-0.2, 0) is 12.7 Å². The Balaban J connectivity index is 2.16. The van der Waals surface area contributed by atoms with Gasteiger partial charge in [0.15, 0.2) is 0 Å². The molecule has 2 aromatic heterocycles. The number of furan rings is 1. The highest BCUT2D eigenvalue weighted by atomic mass is 19.4. The smallest absolute Gasteiger partial charge is 0.419 e. The van der Waals surface area contributed by atoms with Gasteiger partial charge in [0.05, 0.1) is 18.4 Å². The molecule has 0 unspecified atom stereocenters. The molecule has 2 aromatic rings. The molecule has 0 aromatic carbocycles. The van der Waals surface area contributed by atoms with Crippen LogP contribution in [0.2, 0.25) is 0 Å². The summed E-state index contributed by atoms with van der Waals surface area (Å²) in [5.74, 6) is 0.347. The lowest BCUT2D eigenvalue weighted by Crippen LogP contribution is -2.11. The minimum absolute atomic E-state index is 0.160. The number of hydrogen-bond acceptors (Lipinski definition) is 3. The number of halogens is 3. The first-order valence-electron chi connectivity index (χ1n) is 4.86. The van der Waals surface area contributed by atoms with Gasteiger partial charge in [-0.1, -0.05) is 0 Å². The fourth-order valence-corrected chi connectivity index (χ4v) is 1.36. The Morgan fingerprint density at radius 2 is 2.06 bits per heavy atom. The molecule has 0 saturated heterocycles. The monoisotopic (exact) mass is 242 g/mol. The minimum atomic E-state index is -4.42. The predicted octanol–water partition coefficient (Wildman–Crippen LogP) is 3.31. The van der Waals surface area contributed by atoms with Gasteiger partial charge in [0.25, 0.3) is 0 Å². The molecule has 3 nitrogen and oxygen atoms in total. The zero-order valence-electron chi connectivity index (χ0n) is 8.66. The maximum absolute atomic E-state index is 12.6. The first-order chi connectivity index (χ1) is 8.07. The van der Waals surface area contributed by atoms with Gasteiger partial charge in [-0.2, -0.15) is 13.2 Å². The van der Waals surface area contributed by atoms with Gasteiger partial charge < -0.3 is 9.73 Å². The maximum Gasteiger partial charge on any atom is 0.419 e. The Morgan fingerprint density at radius 3 is 2.71 bits per heavy atom. The third-order valence-corrected chi connectivity index (χ3v) is 2.12. The Morgan fingerprint density at radius 1 is 1.24 bits per heavy atom. The average molecular weight is 242 g/mol. The SMILES string of the molecule is FC(F)(F)c1cccnc1NCc1ccco1. The molecule has 0 spiro atoms. The van der Waals surface area contributed by atoms with E-state index in [0.29, 0.717) is 5.76 Å². The van der Waals surface area contributed by atoms with Crippen molar-refractivity contribution in [2.24, 2.45) is 0 Å². The summed E-state index contributed by atoms with van der Waals surface area (Å²) in [6.45, 7) is 0.160. The van der Waals surface area contributed by atoms with Crippen LogP contribution in [-0.4, -0.2) is 4.98 Å². The van der Waals surface area contributed by atoms with Crippen molar-refractivity contribution in [2.75, 3.05) is 5.32 Å². The fraction of sp³-hybridized carbons (Fsp3) is 0.182. The molecule has 0 fully saturated rings. The molecular weight excluding hydrogens is 233 g/mol. The summed E-state index contributed by atoms with van der Waals surface area (Å²) in [6, 6.07) is 5.57. The number of hydrogen-bond donors (Lipinski definition) is 1. The number of rotatable bonds is 3. The van der Waals surface area contributed by atoms with Crippen LogP contribution in [0.25, 0.3) is 0 Å². The number of pyridine rings is 1. The first kappa shape index (κ1) is 11.5. The maximum atomic E-state index is 12.6. The summed E-state index contributed by atoms with van der Waals surface area (Å²) in [7, 11) is 0. The van der Waals surface area contributed by atoms with Crippen molar-refractivity contribution in [2.45, 2.75) is 12.7 Å². The van der Waals surface area contributed by atoms with Crippen LogP contribution in [0.4, 0.5) is 19.0 Å². The normalized spacial score (nSPS) is 11.5. The van der Waals surface area contributed by atoms with Crippen molar-refractivity contribution in [1.29, 1.82) is 0 Å². The van der Waals surface area contributed by atoms with Gasteiger partial charge in [-0.3, -0.25) is 0 Å². The number of aromatic nitrogens is 1. The van der Waals surface area contributed by atoms with E-state index >= 15 is 0 Å². The molecule has 0 saturated carbocycles. The van der Waals surface area contributed by atoms with E-state index in [1.807, 2.05) is 0 Å². The summed E-state index contributed by atoms with van der Waals surface area (Å²) in [5, 5.41) is 2.60. The van der Waals surface area contributed by atoms with Crippen molar-refractivity contribution in [3.8, 4) is 0 Å². The molecule has 2 rings (SSSR count). The van der Waals surface area contributed by atoms with Crippen LogP contribution < -0.4 is 5.32 Å². The van der Waals surface area contributed by atoms with E-state index in [0.717, 1.165) is 6.07 Å². The molecule has 0 bridgehead atoms. The second kappa shape index (κ2) is 4.48. The third-order valence-electron chi connectivity index (χ3n) is 2.12. The molecule has 1 N–H and O–H groups in total. The Hall–Kier alpha value is -1.98. The van der Waals surface area contributed by atoms with E-state index in [9.17, 15) is 13.2 Å². The number of nitrogens with zero attached hydrogens (tertiary/aromatic N) is 1. The van der Waals surface area contributed by atoms with Crippen molar-refractivity contribution >= 4 is 5.82 Å². The standard InChI is InChI=1S/C11H9F3N2O/c12-11(13,14)9-4-1-5-15-10(9)16-7-8-3-2-6-17-8/h1-6H,7H2,(H,15,16). The van der Waals surface area contributed by atoms with Crippen LogP contribution in [0.1, 0.15) is 11.3 Å². The van der Waals surface area contributed by atoms with Gasteiger partial charge in [0.1, 0.15) is 11.6 Å². The molecule has 0 aliphatic rings. The van der Waals surface area contributed by atoms with E-state index < -0.39 is 11.7 Å². The molecule has 0 aliphatic carbocycles.